The molecular formula is C26H20FN7. The summed E-state index contributed by atoms with van der Waals surface area (Å²) in [7, 11) is 3.97. The molecule has 0 amide bonds. The molecular weight excluding hydrogens is 429 g/mol. The van der Waals surface area contributed by atoms with E-state index < -0.39 is 0 Å². The van der Waals surface area contributed by atoms with Gasteiger partial charge in [0.25, 0.3) is 0 Å². The van der Waals surface area contributed by atoms with Crippen LogP contribution in [0.15, 0.2) is 73.3 Å². The molecule has 0 radical (unpaired) electrons. The van der Waals surface area contributed by atoms with Crippen LogP contribution in [0.2, 0.25) is 0 Å². The van der Waals surface area contributed by atoms with E-state index in [1.807, 2.05) is 49.7 Å². The topological polar surface area (TPSA) is 86.4 Å². The molecule has 0 aliphatic rings. The van der Waals surface area contributed by atoms with Gasteiger partial charge in [-0.15, -0.1) is 0 Å². The van der Waals surface area contributed by atoms with Gasteiger partial charge < -0.3 is 9.88 Å². The number of anilines is 1. The summed E-state index contributed by atoms with van der Waals surface area (Å²) in [6.45, 7) is 0. The molecule has 8 heteroatoms. The van der Waals surface area contributed by atoms with Gasteiger partial charge in [0, 0.05) is 65.7 Å². The lowest BCUT2D eigenvalue weighted by molar-refractivity contribution is 0.631. The Morgan fingerprint density at radius 1 is 0.853 bits per heavy atom. The van der Waals surface area contributed by atoms with Crippen molar-refractivity contribution < 1.29 is 4.39 Å². The van der Waals surface area contributed by atoms with Crippen molar-refractivity contribution in [1.82, 2.24) is 30.1 Å². The Hall–Kier alpha value is -4.59. The summed E-state index contributed by atoms with van der Waals surface area (Å²) in [5.41, 5.74) is 7.03. The van der Waals surface area contributed by atoms with Crippen LogP contribution in [-0.2, 0) is 0 Å². The lowest BCUT2D eigenvalue weighted by atomic mass is 10.1. The second-order valence-corrected chi connectivity index (χ2v) is 8.30. The SMILES string of the molecule is CN(C)c1cncc(-c2cnc3[nH]nc(-c4cc5c(-c6ccccc6F)nccc5[nH]4)c3c2)c1. The monoisotopic (exact) mass is 449 g/mol. The third-order valence-corrected chi connectivity index (χ3v) is 5.92. The Labute approximate surface area is 194 Å². The largest absolute Gasteiger partial charge is 0.376 e. The van der Waals surface area contributed by atoms with Crippen LogP contribution >= 0.6 is 0 Å². The molecule has 0 bridgehead atoms. The van der Waals surface area contributed by atoms with Crippen LogP contribution < -0.4 is 4.90 Å². The Morgan fingerprint density at radius 2 is 1.71 bits per heavy atom. The van der Waals surface area contributed by atoms with Crippen molar-refractivity contribution >= 4 is 27.6 Å². The van der Waals surface area contributed by atoms with Crippen molar-refractivity contribution in [3.8, 4) is 33.8 Å². The first-order valence-corrected chi connectivity index (χ1v) is 10.8. The standard InChI is InChI=1S/C26H20FN7/c1-34(2)17-9-15(12-28-14-17)16-10-20-25(32-33-26(20)30-13-16)23-11-19-22(31-23)7-8-29-24(19)18-5-3-4-6-21(18)27/h3-14,31H,1-2H3,(H,30,32,33). The van der Waals surface area contributed by atoms with E-state index in [-0.39, 0.29) is 5.82 Å². The highest BCUT2D eigenvalue weighted by atomic mass is 19.1. The Balaban J connectivity index is 1.49. The quantitative estimate of drug-likeness (QED) is 0.375. The zero-order valence-corrected chi connectivity index (χ0v) is 18.5. The number of hydrogen-bond acceptors (Lipinski definition) is 5. The fourth-order valence-electron chi connectivity index (χ4n) is 4.15. The van der Waals surface area contributed by atoms with Crippen LogP contribution in [0, 0.1) is 5.82 Å². The normalized spacial score (nSPS) is 11.4. The highest BCUT2D eigenvalue weighted by Crippen LogP contribution is 2.34. The van der Waals surface area contributed by atoms with Crippen LogP contribution in [-0.4, -0.2) is 44.2 Å². The molecule has 6 aromatic rings. The molecule has 34 heavy (non-hydrogen) atoms. The van der Waals surface area contributed by atoms with Crippen LogP contribution in [0.5, 0.6) is 0 Å². The summed E-state index contributed by atoms with van der Waals surface area (Å²) >= 11 is 0. The van der Waals surface area contributed by atoms with Crippen LogP contribution in [0.25, 0.3) is 55.7 Å². The van der Waals surface area contributed by atoms with E-state index in [1.54, 1.807) is 24.4 Å². The van der Waals surface area contributed by atoms with E-state index in [2.05, 4.69) is 42.3 Å². The number of nitrogens with zero attached hydrogens (tertiary/aromatic N) is 5. The van der Waals surface area contributed by atoms with Gasteiger partial charge in [-0.1, -0.05) is 12.1 Å². The van der Waals surface area contributed by atoms with Crippen molar-refractivity contribution in [2.45, 2.75) is 0 Å². The molecule has 0 saturated carbocycles. The molecule has 0 spiro atoms. The second kappa shape index (κ2) is 7.77. The van der Waals surface area contributed by atoms with Crippen LogP contribution in [0.4, 0.5) is 10.1 Å². The maximum absolute atomic E-state index is 14.5. The second-order valence-electron chi connectivity index (χ2n) is 8.30. The van der Waals surface area contributed by atoms with Gasteiger partial charge in [0.15, 0.2) is 5.65 Å². The van der Waals surface area contributed by atoms with E-state index >= 15 is 0 Å². The summed E-state index contributed by atoms with van der Waals surface area (Å²) in [4.78, 5) is 18.8. The molecule has 0 aliphatic heterocycles. The number of benzene rings is 1. The summed E-state index contributed by atoms with van der Waals surface area (Å²) < 4.78 is 14.5. The van der Waals surface area contributed by atoms with E-state index in [1.165, 1.54) is 6.07 Å². The Morgan fingerprint density at radius 3 is 2.56 bits per heavy atom. The molecule has 166 valence electrons. The minimum Gasteiger partial charge on any atom is -0.376 e. The highest BCUT2D eigenvalue weighted by molar-refractivity contribution is 6.00. The molecule has 2 N–H and O–H groups in total. The zero-order valence-electron chi connectivity index (χ0n) is 18.5. The van der Waals surface area contributed by atoms with Gasteiger partial charge in [-0.25, -0.2) is 9.37 Å². The van der Waals surface area contributed by atoms with E-state index in [9.17, 15) is 4.39 Å². The van der Waals surface area contributed by atoms with Gasteiger partial charge in [-0.3, -0.25) is 15.1 Å². The molecule has 0 fully saturated rings. The minimum absolute atomic E-state index is 0.308. The summed E-state index contributed by atoms with van der Waals surface area (Å²) in [5, 5.41) is 9.24. The maximum Gasteiger partial charge on any atom is 0.155 e. The van der Waals surface area contributed by atoms with Gasteiger partial charge in [-0.2, -0.15) is 5.10 Å². The molecule has 6 rings (SSSR count). The molecule has 0 unspecified atom stereocenters. The maximum atomic E-state index is 14.5. The number of pyridine rings is 3. The summed E-state index contributed by atoms with van der Waals surface area (Å²) in [5.74, 6) is -0.308. The third kappa shape index (κ3) is 3.27. The first kappa shape index (κ1) is 20.0. The van der Waals surface area contributed by atoms with Gasteiger partial charge in [-0.05, 0) is 36.4 Å². The number of nitrogens with one attached hydrogen (secondary N) is 2. The molecule has 0 saturated heterocycles. The predicted molar refractivity (Wildman–Crippen MR) is 132 cm³/mol. The van der Waals surface area contributed by atoms with E-state index in [0.29, 0.717) is 16.9 Å². The molecule has 5 heterocycles. The molecule has 7 nitrogen and oxygen atoms in total. The fourth-order valence-corrected chi connectivity index (χ4v) is 4.15. The Bertz CT molecular complexity index is 1670. The van der Waals surface area contributed by atoms with Gasteiger partial charge >= 0.3 is 0 Å². The average molecular weight is 449 g/mol. The molecule has 1 aromatic carbocycles. The number of hydrogen-bond donors (Lipinski definition) is 2. The smallest absolute Gasteiger partial charge is 0.155 e. The van der Waals surface area contributed by atoms with Crippen molar-refractivity contribution in [2.24, 2.45) is 0 Å². The first-order chi connectivity index (χ1) is 16.6. The van der Waals surface area contributed by atoms with Crippen molar-refractivity contribution in [1.29, 1.82) is 0 Å². The van der Waals surface area contributed by atoms with Crippen molar-refractivity contribution in [2.75, 3.05) is 19.0 Å². The summed E-state index contributed by atoms with van der Waals surface area (Å²) in [6.07, 6.45) is 7.14. The molecule has 5 aromatic heterocycles. The number of aromatic nitrogens is 6. The number of aromatic amines is 2. The average Bonchev–Trinajstić information content (AvgIpc) is 3.48. The van der Waals surface area contributed by atoms with E-state index in [0.717, 1.165) is 44.5 Å². The Kier molecular flexibility index (Phi) is 4.58. The lowest BCUT2D eigenvalue weighted by Crippen LogP contribution is -2.08. The van der Waals surface area contributed by atoms with Crippen molar-refractivity contribution in [3.63, 3.8) is 0 Å². The lowest BCUT2D eigenvalue weighted by Gasteiger charge is -2.12. The summed E-state index contributed by atoms with van der Waals surface area (Å²) in [6, 6.07) is 14.6. The number of H-pyrrole nitrogens is 2. The van der Waals surface area contributed by atoms with Gasteiger partial charge in [0.2, 0.25) is 0 Å². The zero-order chi connectivity index (χ0) is 23.2. The number of fused-ring (bicyclic) bond motifs is 2. The van der Waals surface area contributed by atoms with Gasteiger partial charge in [0.05, 0.1) is 23.3 Å². The van der Waals surface area contributed by atoms with Crippen LogP contribution in [0.3, 0.4) is 0 Å². The first-order valence-electron chi connectivity index (χ1n) is 10.8. The van der Waals surface area contributed by atoms with Crippen LogP contribution in [0.1, 0.15) is 0 Å². The van der Waals surface area contributed by atoms with Gasteiger partial charge in [0.1, 0.15) is 11.5 Å². The number of rotatable bonds is 4. The van der Waals surface area contributed by atoms with E-state index in [4.69, 9.17) is 0 Å². The number of halogens is 1. The van der Waals surface area contributed by atoms with Crippen molar-refractivity contribution in [3.05, 3.63) is 79.1 Å². The fraction of sp³-hybridized carbons (Fsp3) is 0.0769. The highest BCUT2D eigenvalue weighted by Gasteiger charge is 2.17. The molecule has 0 aliphatic carbocycles. The molecule has 0 atom stereocenters. The minimum atomic E-state index is -0.308. The third-order valence-electron chi connectivity index (χ3n) is 5.92. The predicted octanol–water partition coefficient (Wildman–Crippen LogP) is 5.44.